The van der Waals surface area contributed by atoms with Crippen LogP contribution in [0.2, 0.25) is 0 Å². The Morgan fingerprint density at radius 1 is 0.600 bits per heavy atom. The summed E-state index contributed by atoms with van der Waals surface area (Å²) in [4.78, 5) is 9.06. The average molecular weight is 394 g/mol. The average Bonchev–Trinajstić information content (AvgIpc) is 2.77. The number of fused-ring (bicyclic) bond motifs is 2. The van der Waals surface area contributed by atoms with Crippen molar-refractivity contribution >= 4 is 33.0 Å². The fourth-order valence-electron chi connectivity index (χ4n) is 3.66. The molecule has 0 saturated heterocycles. The smallest absolute Gasteiger partial charge is 0.0588 e. The summed E-state index contributed by atoms with van der Waals surface area (Å²) >= 11 is 0. The van der Waals surface area contributed by atoms with Crippen LogP contribution in [0.15, 0.2) is 82.8 Å². The van der Waals surface area contributed by atoms with E-state index in [1.54, 1.807) is 0 Å². The Labute approximate surface area is 175 Å². The molecule has 0 bridgehead atoms. The van der Waals surface area contributed by atoms with Gasteiger partial charge in [-0.15, -0.1) is 0 Å². The standard InChI is InChI=1S/C26H24N2O2/c1-17(21-13-11-19-7-3-5-9-23(19)25(21)29)27-15-16-28-18(2)22-14-12-20-8-4-6-10-24(20)26(22)30/h3-14,29-30H,15-16H2,1-2H3/p-2. The van der Waals surface area contributed by atoms with Crippen LogP contribution < -0.4 is 10.2 Å². The van der Waals surface area contributed by atoms with Gasteiger partial charge in [0.2, 0.25) is 0 Å². The summed E-state index contributed by atoms with van der Waals surface area (Å²) in [7, 11) is 0. The van der Waals surface area contributed by atoms with E-state index in [1.165, 1.54) is 0 Å². The molecule has 4 rings (SSSR count). The van der Waals surface area contributed by atoms with Crippen molar-refractivity contribution in [1.29, 1.82) is 0 Å². The lowest BCUT2D eigenvalue weighted by Crippen LogP contribution is -2.06. The van der Waals surface area contributed by atoms with Crippen LogP contribution in [0.1, 0.15) is 25.0 Å². The Morgan fingerprint density at radius 3 is 1.43 bits per heavy atom. The van der Waals surface area contributed by atoms with Crippen molar-refractivity contribution in [2.24, 2.45) is 9.98 Å². The predicted octanol–water partition coefficient (Wildman–Crippen LogP) is 4.46. The molecule has 4 heteroatoms. The molecule has 4 aromatic rings. The molecule has 0 spiro atoms. The third-order valence-electron chi connectivity index (χ3n) is 5.34. The molecule has 0 amide bonds. The quantitative estimate of drug-likeness (QED) is 0.370. The number of hydrogen-bond donors (Lipinski definition) is 0. The molecule has 0 radical (unpaired) electrons. The van der Waals surface area contributed by atoms with Crippen molar-refractivity contribution in [1.82, 2.24) is 0 Å². The monoisotopic (exact) mass is 394 g/mol. The van der Waals surface area contributed by atoms with Gasteiger partial charge in [0.1, 0.15) is 0 Å². The predicted molar refractivity (Wildman–Crippen MR) is 121 cm³/mol. The number of rotatable bonds is 5. The lowest BCUT2D eigenvalue weighted by molar-refractivity contribution is -0.266. The second-order valence-corrected chi connectivity index (χ2v) is 7.26. The van der Waals surface area contributed by atoms with Gasteiger partial charge in [0.05, 0.1) is 13.1 Å². The third kappa shape index (κ3) is 3.77. The van der Waals surface area contributed by atoms with Crippen molar-refractivity contribution in [3.63, 3.8) is 0 Å². The molecule has 0 N–H and O–H groups in total. The highest BCUT2D eigenvalue weighted by atomic mass is 16.3. The zero-order chi connectivity index (χ0) is 21.1. The van der Waals surface area contributed by atoms with Crippen molar-refractivity contribution in [2.45, 2.75) is 13.8 Å². The van der Waals surface area contributed by atoms with Crippen LogP contribution in [0.25, 0.3) is 21.5 Å². The number of hydrogen-bond acceptors (Lipinski definition) is 4. The molecular weight excluding hydrogens is 372 g/mol. The third-order valence-corrected chi connectivity index (χ3v) is 5.34. The Balaban J connectivity index is 1.50. The molecule has 0 atom stereocenters. The molecule has 4 nitrogen and oxygen atoms in total. The van der Waals surface area contributed by atoms with E-state index in [2.05, 4.69) is 9.98 Å². The molecule has 0 aliphatic rings. The molecule has 0 aromatic heterocycles. The second kappa shape index (κ2) is 8.37. The van der Waals surface area contributed by atoms with Gasteiger partial charge in [-0.25, -0.2) is 0 Å². The lowest BCUT2D eigenvalue weighted by Gasteiger charge is -2.17. The van der Waals surface area contributed by atoms with E-state index in [0.717, 1.165) is 10.8 Å². The molecule has 0 aliphatic carbocycles. The van der Waals surface area contributed by atoms with E-state index in [4.69, 9.17) is 0 Å². The van der Waals surface area contributed by atoms with Gasteiger partial charge in [0, 0.05) is 11.4 Å². The van der Waals surface area contributed by atoms with Crippen LogP contribution >= 0.6 is 0 Å². The summed E-state index contributed by atoms with van der Waals surface area (Å²) in [5.41, 5.74) is 2.64. The first-order valence-corrected chi connectivity index (χ1v) is 9.96. The zero-order valence-electron chi connectivity index (χ0n) is 17.1. The normalized spacial score (nSPS) is 12.6. The molecule has 0 fully saturated rings. The van der Waals surface area contributed by atoms with Crippen LogP contribution in [0.4, 0.5) is 0 Å². The topological polar surface area (TPSA) is 70.8 Å². The van der Waals surface area contributed by atoms with Gasteiger partial charge < -0.3 is 10.2 Å². The first kappa shape index (κ1) is 19.6. The van der Waals surface area contributed by atoms with Gasteiger partial charge in [0.15, 0.2) is 0 Å². The molecule has 0 aliphatic heterocycles. The van der Waals surface area contributed by atoms with E-state index in [1.807, 2.05) is 86.6 Å². The Kier molecular flexibility index (Phi) is 5.48. The number of nitrogens with zero attached hydrogens (tertiary/aromatic N) is 2. The summed E-state index contributed by atoms with van der Waals surface area (Å²) in [5, 5.41) is 28.7. The minimum atomic E-state index is 0.00110. The zero-order valence-corrected chi connectivity index (χ0v) is 17.1. The van der Waals surface area contributed by atoms with Crippen LogP contribution in [-0.2, 0) is 0 Å². The molecule has 0 unspecified atom stereocenters. The number of benzene rings is 4. The van der Waals surface area contributed by atoms with Crippen LogP contribution in [-0.4, -0.2) is 24.5 Å². The summed E-state index contributed by atoms with van der Waals surface area (Å²) in [6, 6.07) is 22.7. The summed E-state index contributed by atoms with van der Waals surface area (Å²) in [6.07, 6.45) is 0. The van der Waals surface area contributed by atoms with Gasteiger partial charge in [-0.1, -0.05) is 84.3 Å². The Morgan fingerprint density at radius 2 is 1.00 bits per heavy atom. The lowest BCUT2D eigenvalue weighted by atomic mass is 10.0. The van der Waals surface area contributed by atoms with E-state index in [0.29, 0.717) is 46.4 Å². The maximum Gasteiger partial charge on any atom is 0.0588 e. The summed E-state index contributed by atoms with van der Waals surface area (Å²) < 4.78 is 0. The first-order valence-electron chi connectivity index (χ1n) is 9.96. The first-order chi connectivity index (χ1) is 14.6. The maximum atomic E-state index is 12.7. The molecule has 30 heavy (non-hydrogen) atoms. The summed E-state index contributed by atoms with van der Waals surface area (Å²) in [6.45, 7) is 4.61. The van der Waals surface area contributed by atoms with Crippen molar-refractivity contribution in [3.05, 3.63) is 83.9 Å². The van der Waals surface area contributed by atoms with Gasteiger partial charge >= 0.3 is 0 Å². The van der Waals surface area contributed by atoms with Crippen LogP contribution in [0, 0.1) is 0 Å². The van der Waals surface area contributed by atoms with E-state index in [9.17, 15) is 10.2 Å². The minimum absolute atomic E-state index is 0.00110. The van der Waals surface area contributed by atoms with Gasteiger partial charge in [-0.3, -0.25) is 9.98 Å². The molecule has 0 saturated carbocycles. The highest BCUT2D eigenvalue weighted by Crippen LogP contribution is 2.27. The molecular formula is C26H22N2O2-2. The minimum Gasteiger partial charge on any atom is -0.872 e. The van der Waals surface area contributed by atoms with Crippen molar-refractivity contribution in [3.8, 4) is 11.5 Å². The highest BCUT2D eigenvalue weighted by molar-refractivity contribution is 6.07. The van der Waals surface area contributed by atoms with Crippen molar-refractivity contribution < 1.29 is 10.2 Å². The van der Waals surface area contributed by atoms with Gasteiger partial charge in [0.25, 0.3) is 0 Å². The fraction of sp³-hybridized carbons (Fsp3) is 0.154. The van der Waals surface area contributed by atoms with Gasteiger partial charge in [-0.2, -0.15) is 0 Å². The van der Waals surface area contributed by atoms with E-state index in [-0.39, 0.29) is 11.5 Å². The Hall–Kier alpha value is -3.66. The van der Waals surface area contributed by atoms with Gasteiger partial charge in [-0.05, 0) is 46.5 Å². The van der Waals surface area contributed by atoms with Crippen molar-refractivity contribution in [2.75, 3.05) is 13.1 Å². The highest BCUT2D eigenvalue weighted by Gasteiger charge is 2.04. The largest absolute Gasteiger partial charge is 0.872 e. The molecule has 150 valence electrons. The van der Waals surface area contributed by atoms with E-state index >= 15 is 0 Å². The molecule has 4 aromatic carbocycles. The summed E-state index contributed by atoms with van der Waals surface area (Å²) in [5.74, 6) is 0.00221. The maximum absolute atomic E-state index is 12.7. The van der Waals surface area contributed by atoms with Crippen LogP contribution in [0.3, 0.4) is 0 Å². The number of aliphatic imine (C=N–C) groups is 2. The second-order valence-electron chi connectivity index (χ2n) is 7.26. The van der Waals surface area contributed by atoms with E-state index < -0.39 is 0 Å². The Bertz CT molecular complexity index is 1190. The fourth-order valence-corrected chi connectivity index (χ4v) is 3.66. The van der Waals surface area contributed by atoms with Crippen LogP contribution in [0.5, 0.6) is 11.5 Å². The SMILES string of the molecule is CC(=NCCN=C(C)c1ccc2ccccc2c1[O-])c1ccc2ccccc2c1[O-]. The molecule has 0 heterocycles.